The molecule has 0 saturated carbocycles. The maximum Gasteiger partial charge on any atom is 0.337 e. The van der Waals surface area contributed by atoms with Gasteiger partial charge >= 0.3 is 5.69 Å². The largest absolute Gasteiger partial charge is 0.378 e. The van der Waals surface area contributed by atoms with E-state index in [9.17, 15) is 10.1 Å². The van der Waals surface area contributed by atoms with Crippen LogP contribution in [0.4, 0.5) is 17.5 Å². The lowest BCUT2D eigenvalue weighted by atomic mass is 10.2. The summed E-state index contributed by atoms with van der Waals surface area (Å²) in [6.07, 6.45) is 3.52. The van der Waals surface area contributed by atoms with Crippen molar-refractivity contribution in [1.82, 2.24) is 9.97 Å². The molecule has 158 valence electrons. The lowest BCUT2D eigenvalue weighted by molar-refractivity contribution is -0.384. The second-order valence-corrected chi connectivity index (χ2v) is 7.84. The molecule has 0 amide bonds. The molecular weight excluding hydrogens is 454 g/mol. The quantitative estimate of drug-likeness (QED) is 0.481. The molecule has 2 aliphatic heterocycles. The molecule has 0 bridgehead atoms. The minimum absolute atomic E-state index is 0.0812. The van der Waals surface area contributed by atoms with Crippen molar-refractivity contribution < 1.29 is 14.4 Å². The molecule has 3 heterocycles. The van der Waals surface area contributed by atoms with E-state index in [1.54, 1.807) is 6.08 Å². The van der Waals surface area contributed by atoms with Gasteiger partial charge < -0.3 is 19.3 Å². The van der Waals surface area contributed by atoms with Crippen LogP contribution in [0.1, 0.15) is 11.3 Å². The van der Waals surface area contributed by atoms with Crippen LogP contribution in [0.3, 0.4) is 0 Å². The number of halogens is 1. The predicted molar refractivity (Wildman–Crippen MR) is 118 cm³/mol. The van der Waals surface area contributed by atoms with Crippen LogP contribution in [0.15, 0.2) is 28.7 Å². The average molecular weight is 476 g/mol. The van der Waals surface area contributed by atoms with Gasteiger partial charge in [-0.1, -0.05) is 34.1 Å². The monoisotopic (exact) mass is 475 g/mol. The molecule has 0 unspecified atom stereocenters. The Kier molecular flexibility index (Phi) is 6.56. The zero-order chi connectivity index (χ0) is 20.9. The van der Waals surface area contributed by atoms with Crippen molar-refractivity contribution in [2.24, 2.45) is 0 Å². The number of nitrogens with zero attached hydrogens (tertiary/aromatic N) is 5. The third kappa shape index (κ3) is 4.77. The van der Waals surface area contributed by atoms with Crippen LogP contribution >= 0.6 is 15.9 Å². The van der Waals surface area contributed by atoms with E-state index in [1.807, 2.05) is 40.1 Å². The van der Waals surface area contributed by atoms with E-state index in [0.29, 0.717) is 70.1 Å². The molecule has 0 spiro atoms. The van der Waals surface area contributed by atoms with Gasteiger partial charge in [0.05, 0.1) is 31.4 Å². The van der Waals surface area contributed by atoms with Crippen LogP contribution in [-0.2, 0) is 9.47 Å². The summed E-state index contributed by atoms with van der Waals surface area (Å²) in [6.45, 7) is 4.59. The SMILES string of the molecule is O=[N+]([O-])c1c(/C=C/c2ccc(Br)cc2)nc(N2CCOCC2)nc1N1CCOCC1. The number of hydrogen-bond acceptors (Lipinski definition) is 8. The van der Waals surface area contributed by atoms with Crippen molar-refractivity contribution >= 4 is 45.5 Å². The van der Waals surface area contributed by atoms with Crippen molar-refractivity contribution in [2.45, 2.75) is 0 Å². The summed E-state index contributed by atoms with van der Waals surface area (Å²) in [5, 5.41) is 12.0. The summed E-state index contributed by atoms with van der Waals surface area (Å²) in [5.41, 5.74) is 1.13. The Morgan fingerprint density at radius 3 is 2.13 bits per heavy atom. The van der Waals surface area contributed by atoms with Crippen LogP contribution in [0.25, 0.3) is 12.2 Å². The van der Waals surface area contributed by atoms with E-state index in [0.717, 1.165) is 10.0 Å². The molecule has 0 N–H and O–H groups in total. The van der Waals surface area contributed by atoms with Gasteiger partial charge in [0, 0.05) is 30.7 Å². The predicted octanol–water partition coefficient (Wildman–Crippen LogP) is 2.99. The number of aromatic nitrogens is 2. The van der Waals surface area contributed by atoms with Crippen molar-refractivity contribution in [3.8, 4) is 0 Å². The van der Waals surface area contributed by atoms with Gasteiger partial charge in [-0.3, -0.25) is 10.1 Å². The fraction of sp³-hybridized carbons (Fsp3) is 0.400. The van der Waals surface area contributed by atoms with Crippen molar-refractivity contribution in [3.63, 3.8) is 0 Å². The van der Waals surface area contributed by atoms with E-state index < -0.39 is 4.92 Å². The highest BCUT2D eigenvalue weighted by molar-refractivity contribution is 9.10. The molecule has 2 aliphatic rings. The minimum Gasteiger partial charge on any atom is -0.378 e. The molecule has 9 nitrogen and oxygen atoms in total. The smallest absolute Gasteiger partial charge is 0.337 e. The number of anilines is 2. The van der Waals surface area contributed by atoms with Gasteiger partial charge in [-0.25, -0.2) is 4.98 Å². The zero-order valence-electron chi connectivity index (χ0n) is 16.4. The molecule has 4 rings (SSSR count). The Morgan fingerprint density at radius 2 is 1.53 bits per heavy atom. The lowest BCUT2D eigenvalue weighted by Gasteiger charge is -2.30. The first kappa shape index (κ1) is 20.7. The van der Waals surface area contributed by atoms with Crippen molar-refractivity contribution in [3.05, 3.63) is 50.1 Å². The normalized spacial score (nSPS) is 17.5. The third-order valence-corrected chi connectivity index (χ3v) is 5.50. The lowest BCUT2D eigenvalue weighted by Crippen LogP contribution is -2.40. The third-order valence-electron chi connectivity index (χ3n) is 4.97. The van der Waals surface area contributed by atoms with Gasteiger partial charge in [0.1, 0.15) is 5.69 Å². The summed E-state index contributed by atoms with van der Waals surface area (Å²) in [4.78, 5) is 24.7. The highest BCUT2D eigenvalue weighted by Crippen LogP contribution is 2.33. The molecule has 0 aliphatic carbocycles. The maximum absolute atomic E-state index is 12.0. The van der Waals surface area contributed by atoms with Crippen LogP contribution in [0.2, 0.25) is 0 Å². The van der Waals surface area contributed by atoms with Crippen molar-refractivity contribution in [2.75, 3.05) is 62.4 Å². The van der Waals surface area contributed by atoms with Crippen molar-refractivity contribution in [1.29, 1.82) is 0 Å². The van der Waals surface area contributed by atoms with Gasteiger partial charge in [-0.05, 0) is 23.8 Å². The van der Waals surface area contributed by atoms with E-state index >= 15 is 0 Å². The summed E-state index contributed by atoms with van der Waals surface area (Å²) >= 11 is 3.41. The van der Waals surface area contributed by atoms with Gasteiger partial charge in [0.2, 0.25) is 11.8 Å². The molecule has 2 aromatic rings. The van der Waals surface area contributed by atoms with Crippen LogP contribution in [0.5, 0.6) is 0 Å². The van der Waals surface area contributed by atoms with Gasteiger partial charge in [-0.15, -0.1) is 0 Å². The number of hydrogen-bond donors (Lipinski definition) is 0. The highest BCUT2D eigenvalue weighted by atomic mass is 79.9. The second kappa shape index (κ2) is 9.50. The van der Waals surface area contributed by atoms with Gasteiger partial charge in [0.25, 0.3) is 0 Å². The first-order chi connectivity index (χ1) is 14.6. The molecular formula is C20H22BrN5O4. The van der Waals surface area contributed by atoms with Gasteiger partial charge in [0.15, 0.2) is 0 Å². The molecule has 10 heteroatoms. The first-order valence-corrected chi connectivity index (χ1v) is 10.6. The molecule has 30 heavy (non-hydrogen) atoms. The molecule has 1 aromatic carbocycles. The highest BCUT2D eigenvalue weighted by Gasteiger charge is 2.30. The average Bonchev–Trinajstić information content (AvgIpc) is 2.79. The van der Waals surface area contributed by atoms with Gasteiger partial charge in [-0.2, -0.15) is 4.98 Å². The summed E-state index contributed by atoms with van der Waals surface area (Å²) < 4.78 is 11.8. The number of ether oxygens (including phenoxy) is 2. The fourth-order valence-electron chi connectivity index (χ4n) is 3.39. The number of benzene rings is 1. The molecule has 2 saturated heterocycles. The molecule has 0 atom stereocenters. The Morgan fingerprint density at radius 1 is 0.933 bits per heavy atom. The number of morpholine rings is 2. The second-order valence-electron chi connectivity index (χ2n) is 6.92. The Labute approximate surface area is 182 Å². The van der Waals surface area contributed by atoms with E-state index in [4.69, 9.17) is 9.47 Å². The molecule has 2 fully saturated rings. The molecule has 1 aromatic heterocycles. The Balaban J connectivity index is 1.78. The fourth-order valence-corrected chi connectivity index (χ4v) is 3.65. The van der Waals surface area contributed by atoms with Crippen LogP contribution < -0.4 is 9.80 Å². The number of rotatable bonds is 5. The Bertz CT molecular complexity index is 926. The topological polar surface area (TPSA) is 93.9 Å². The Hall–Kier alpha value is -2.56. The standard InChI is InChI=1S/C20H22BrN5O4/c21-16-4-1-15(2-5-16)3-6-17-18(26(27)28)19(24-7-11-29-12-8-24)23-20(22-17)25-9-13-30-14-10-25/h1-6H,7-14H2/b6-3+. The molecule has 0 radical (unpaired) electrons. The minimum atomic E-state index is -0.394. The number of nitro groups is 1. The van der Waals surface area contributed by atoms with E-state index in [-0.39, 0.29) is 5.69 Å². The van der Waals surface area contributed by atoms with Crippen LogP contribution in [-0.4, -0.2) is 67.5 Å². The summed E-state index contributed by atoms with van der Waals surface area (Å²) in [7, 11) is 0. The summed E-state index contributed by atoms with van der Waals surface area (Å²) in [6, 6.07) is 7.71. The van der Waals surface area contributed by atoms with E-state index in [1.165, 1.54) is 0 Å². The van der Waals surface area contributed by atoms with E-state index in [2.05, 4.69) is 25.9 Å². The maximum atomic E-state index is 12.0. The zero-order valence-corrected chi connectivity index (χ0v) is 18.0. The van der Waals surface area contributed by atoms with Crippen LogP contribution in [0, 0.1) is 10.1 Å². The first-order valence-electron chi connectivity index (χ1n) is 9.77. The summed E-state index contributed by atoms with van der Waals surface area (Å²) in [5.74, 6) is 0.830.